The molecule has 0 fully saturated rings. The number of aliphatic imine (C=N–C) groups is 1. The van der Waals surface area contributed by atoms with Crippen LogP contribution in [0.15, 0.2) is 17.1 Å². The van der Waals surface area contributed by atoms with Crippen molar-refractivity contribution in [2.24, 2.45) is 4.99 Å². The molecule has 0 atom stereocenters. The summed E-state index contributed by atoms with van der Waals surface area (Å²) in [6.07, 6.45) is 1.06. The number of ether oxygens (including phenoxy) is 2. The first kappa shape index (κ1) is 11.5. The summed E-state index contributed by atoms with van der Waals surface area (Å²) in [5.41, 5.74) is 0.700. The van der Waals surface area contributed by atoms with E-state index in [1.165, 1.54) is 20.3 Å². The average molecular weight is 215 g/mol. The standard InChI is InChI=1S/C11H9N3O2/c1-15-10-5-8(7-13)9(14-4-3-12)6-11(10)16-2/h4-6H,1-2H3. The Kier molecular flexibility index (Phi) is 3.88. The second-order valence-electron chi connectivity index (χ2n) is 2.72. The van der Waals surface area contributed by atoms with Crippen molar-refractivity contribution < 1.29 is 9.47 Å². The minimum Gasteiger partial charge on any atom is -0.493 e. The monoisotopic (exact) mass is 215 g/mol. The van der Waals surface area contributed by atoms with Gasteiger partial charge in [0, 0.05) is 12.1 Å². The van der Waals surface area contributed by atoms with Crippen molar-refractivity contribution in [3.8, 4) is 23.6 Å². The van der Waals surface area contributed by atoms with Gasteiger partial charge < -0.3 is 9.47 Å². The molecule has 16 heavy (non-hydrogen) atoms. The van der Waals surface area contributed by atoms with Crippen LogP contribution in [0.2, 0.25) is 0 Å². The SMILES string of the molecule is COc1cc(C#N)c(N=CC#N)cc1OC. The molecular weight excluding hydrogens is 206 g/mol. The lowest BCUT2D eigenvalue weighted by Gasteiger charge is -2.08. The Morgan fingerprint density at radius 2 is 1.81 bits per heavy atom. The van der Waals surface area contributed by atoms with Crippen molar-refractivity contribution in [1.29, 1.82) is 10.5 Å². The minimum absolute atomic E-state index is 0.323. The first-order valence-corrected chi connectivity index (χ1v) is 4.35. The van der Waals surface area contributed by atoms with Crippen LogP contribution in [0.1, 0.15) is 5.56 Å². The lowest BCUT2D eigenvalue weighted by molar-refractivity contribution is 0.355. The van der Waals surface area contributed by atoms with Gasteiger partial charge in [-0.25, -0.2) is 4.99 Å². The highest BCUT2D eigenvalue weighted by Crippen LogP contribution is 2.34. The number of nitrogens with zero attached hydrogens (tertiary/aromatic N) is 3. The van der Waals surface area contributed by atoms with Gasteiger partial charge in [0.1, 0.15) is 18.4 Å². The maximum atomic E-state index is 8.90. The normalized spacial score (nSPS) is 9.50. The summed E-state index contributed by atoms with van der Waals surface area (Å²) in [7, 11) is 2.97. The lowest BCUT2D eigenvalue weighted by atomic mass is 10.1. The number of benzene rings is 1. The summed E-state index contributed by atoms with van der Waals surface area (Å²) in [6.45, 7) is 0. The zero-order chi connectivity index (χ0) is 12.0. The molecule has 0 aromatic heterocycles. The van der Waals surface area contributed by atoms with Crippen molar-refractivity contribution in [1.82, 2.24) is 0 Å². The van der Waals surface area contributed by atoms with E-state index in [-0.39, 0.29) is 0 Å². The van der Waals surface area contributed by atoms with E-state index in [4.69, 9.17) is 20.0 Å². The molecule has 0 aliphatic heterocycles. The summed E-state index contributed by atoms with van der Waals surface area (Å²) in [5, 5.41) is 17.3. The van der Waals surface area contributed by atoms with Crippen LogP contribution in [0.25, 0.3) is 0 Å². The number of methoxy groups -OCH3 is 2. The van der Waals surface area contributed by atoms with Gasteiger partial charge in [-0.1, -0.05) is 0 Å². The van der Waals surface area contributed by atoms with E-state index in [0.717, 1.165) is 6.21 Å². The van der Waals surface area contributed by atoms with E-state index in [2.05, 4.69) is 4.99 Å². The van der Waals surface area contributed by atoms with E-state index in [1.807, 2.05) is 6.07 Å². The lowest BCUT2D eigenvalue weighted by Crippen LogP contribution is -1.91. The van der Waals surface area contributed by atoms with Gasteiger partial charge in [-0.2, -0.15) is 10.5 Å². The average Bonchev–Trinajstić information content (AvgIpc) is 2.35. The fourth-order valence-electron chi connectivity index (χ4n) is 1.16. The third kappa shape index (κ3) is 2.28. The quantitative estimate of drug-likeness (QED) is 0.720. The maximum Gasteiger partial charge on any atom is 0.162 e. The molecule has 0 bridgehead atoms. The third-order valence-electron chi connectivity index (χ3n) is 1.88. The Bertz CT molecular complexity index is 495. The number of rotatable bonds is 3. The van der Waals surface area contributed by atoms with Gasteiger partial charge in [0.15, 0.2) is 11.5 Å². The van der Waals surface area contributed by atoms with Crippen molar-refractivity contribution in [3.63, 3.8) is 0 Å². The fraction of sp³-hybridized carbons (Fsp3) is 0.182. The Balaban J connectivity index is 3.34. The second-order valence-corrected chi connectivity index (χ2v) is 2.72. The Labute approximate surface area is 93.2 Å². The molecule has 80 valence electrons. The van der Waals surface area contributed by atoms with Gasteiger partial charge in [-0.05, 0) is 0 Å². The summed E-state index contributed by atoms with van der Waals surface area (Å²) in [4.78, 5) is 3.84. The predicted octanol–water partition coefficient (Wildman–Crippen LogP) is 1.80. The van der Waals surface area contributed by atoms with E-state index in [1.54, 1.807) is 12.1 Å². The highest BCUT2D eigenvalue weighted by atomic mass is 16.5. The smallest absolute Gasteiger partial charge is 0.162 e. The van der Waals surface area contributed by atoms with Crippen LogP contribution in [-0.4, -0.2) is 20.4 Å². The summed E-state index contributed by atoms with van der Waals surface area (Å²) >= 11 is 0. The zero-order valence-corrected chi connectivity index (χ0v) is 8.89. The van der Waals surface area contributed by atoms with Crippen LogP contribution in [0.3, 0.4) is 0 Å². The van der Waals surface area contributed by atoms with Crippen molar-refractivity contribution in [2.45, 2.75) is 0 Å². The van der Waals surface area contributed by atoms with E-state index in [9.17, 15) is 0 Å². The zero-order valence-electron chi connectivity index (χ0n) is 8.89. The Morgan fingerprint density at radius 3 is 2.31 bits per heavy atom. The molecule has 0 amide bonds. The molecule has 5 heteroatoms. The minimum atomic E-state index is 0.323. The van der Waals surface area contributed by atoms with Crippen LogP contribution < -0.4 is 9.47 Å². The van der Waals surface area contributed by atoms with Crippen LogP contribution in [0, 0.1) is 22.7 Å². The van der Waals surface area contributed by atoms with Crippen LogP contribution in [0.5, 0.6) is 11.5 Å². The van der Waals surface area contributed by atoms with Gasteiger partial charge >= 0.3 is 0 Å². The van der Waals surface area contributed by atoms with E-state index >= 15 is 0 Å². The molecule has 0 aliphatic carbocycles. The molecule has 0 unspecified atom stereocenters. The first-order chi connectivity index (χ1) is 7.76. The Hall–Kier alpha value is -2.53. The summed E-state index contributed by atoms with van der Waals surface area (Å²) in [5.74, 6) is 0.918. The molecule has 0 heterocycles. The molecule has 0 spiro atoms. The van der Waals surface area contributed by atoms with Crippen LogP contribution in [0.4, 0.5) is 5.69 Å². The molecular formula is C11H9N3O2. The van der Waals surface area contributed by atoms with E-state index in [0.29, 0.717) is 22.7 Å². The predicted molar refractivity (Wildman–Crippen MR) is 58.0 cm³/mol. The molecule has 1 aromatic rings. The molecule has 0 saturated carbocycles. The Morgan fingerprint density at radius 1 is 1.19 bits per heavy atom. The molecule has 0 N–H and O–H groups in total. The fourth-order valence-corrected chi connectivity index (χ4v) is 1.16. The van der Waals surface area contributed by atoms with Gasteiger partial charge in [0.05, 0.1) is 25.5 Å². The van der Waals surface area contributed by atoms with E-state index < -0.39 is 0 Å². The summed E-state index contributed by atoms with van der Waals surface area (Å²) in [6, 6.07) is 6.80. The number of hydrogen-bond acceptors (Lipinski definition) is 5. The molecule has 0 saturated heterocycles. The first-order valence-electron chi connectivity index (χ1n) is 4.35. The van der Waals surface area contributed by atoms with Crippen molar-refractivity contribution >= 4 is 11.9 Å². The summed E-state index contributed by atoms with van der Waals surface area (Å²) < 4.78 is 10.1. The van der Waals surface area contributed by atoms with Crippen LogP contribution in [-0.2, 0) is 0 Å². The topological polar surface area (TPSA) is 78.4 Å². The second kappa shape index (κ2) is 5.38. The van der Waals surface area contributed by atoms with Gasteiger partial charge in [0.2, 0.25) is 0 Å². The molecule has 1 rings (SSSR count). The highest BCUT2D eigenvalue weighted by molar-refractivity contribution is 5.79. The van der Waals surface area contributed by atoms with Crippen molar-refractivity contribution in [2.75, 3.05) is 14.2 Å². The number of nitriles is 2. The van der Waals surface area contributed by atoms with Crippen molar-refractivity contribution in [3.05, 3.63) is 17.7 Å². The molecule has 1 aromatic carbocycles. The van der Waals surface area contributed by atoms with Crippen LogP contribution >= 0.6 is 0 Å². The van der Waals surface area contributed by atoms with Gasteiger partial charge in [0.25, 0.3) is 0 Å². The molecule has 5 nitrogen and oxygen atoms in total. The molecule has 0 aliphatic rings. The largest absolute Gasteiger partial charge is 0.493 e. The third-order valence-corrected chi connectivity index (χ3v) is 1.88. The van der Waals surface area contributed by atoms with Gasteiger partial charge in [-0.3, -0.25) is 0 Å². The highest BCUT2D eigenvalue weighted by Gasteiger charge is 2.09. The number of hydrogen-bond donors (Lipinski definition) is 0. The van der Waals surface area contributed by atoms with Gasteiger partial charge in [-0.15, -0.1) is 0 Å². The maximum absolute atomic E-state index is 8.90. The molecule has 0 radical (unpaired) electrons.